The fraction of sp³-hybridized carbons (Fsp3) is 0.702. The molecule has 3 nitrogen and oxygen atoms in total. The maximum absolute atomic E-state index is 9.82. The van der Waals surface area contributed by atoms with Gasteiger partial charge in [-0.05, 0) is 156 Å². The standard InChI is InChI=1S/C47H79O3P/c1-16-40-35(3)26-38(28-42(40)44(9,10)11)19-17-22-45(12,13)29-47(23-18-24-51,32-49-33-48)30-46(14,15)31-50-36(4)20-21-39-25-34(2)37(5)41(27-39)43(6,7)8/h25-28,48H,4,16-24,29-33,51H2,1-3,5-15H3. The Labute approximate surface area is 318 Å². The second kappa shape index (κ2) is 19.1. The van der Waals surface area contributed by atoms with E-state index in [1.54, 1.807) is 0 Å². The Morgan fingerprint density at radius 1 is 0.725 bits per heavy atom. The molecule has 0 aromatic heterocycles. The molecule has 51 heavy (non-hydrogen) atoms. The van der Waals surface area contributed by atoms with E-state index in [0.29, 0.717) is 13.2 Å². The number of hydrogen-bond donors (Lipinski definition) is 1. The Balaban J connectivity index is 2.16. The van der Waals surface area contributed by atoms with Crippen molar-refractivity contribution in [2.45, 2.75) is 172 Å². The molecule has 2 unspecified atom stereocenters. The fourth-order valence-electron chi connectivity index (χ4n) is 8.78. The van der Waals surface area contributed by atoms with Gasteiger partial charge in [-0.1, -0.05) is 107 Å². The van der Waals surface area contributed by atoms with E-state index >= 15 is 0 Å². The van der Waals surface area contributed by atoms with Crippen molar-refractivity contribution in [2.24, 2.45) is 16.2 Å². The SMILES string of the molecule is C=C(CCc1cc(C)c(C)c(C(C)(C)C)c1)OCC(C)(C)CC(CCCP)(COCO)CC(C)(C)CCCc1cc(C)c(CC)c(C(C)(C)C)c1. The Hall–Kier alpha value is -1.67. The number of aliphatic hydroxyl groups is 1. The molecule has 0 saturated heterocycles. The summed E-state index contributed by atoms with van der Waals surface area (Å²) in [5, 5.41) is 9.82. The molecule has 0 radical (unpaired) electrons. The topological polar surface area (TPSA) is 38.7 Å². The lowest BCUT2D eigenvalue weighted by Crippen LogP contribution is -2.39. The van der Waals surface area contributed by atoms with Gasteiger partial charge in [0.15, 0.2) is 0 Å². The largest absolute Gasteiger partial charge is 0.498 e. The van der Waals surface area contributed by atoms with E-state index in [-0.39, 0.29) is 33.9 Å². The third kappa shape index (κ3) is 14.6. The molecule has 0 saturated carbocycles. The van der Waals surface area contributed by atoms with Crippen LogP contribution in [-0.4, -0.2) is 31.3 Å². The van der Waals surface area contributed by atoms with E-state index in [9.17, 15) is 5.11 Å². The van der Waals surface area contributed by atoms with Gasteiger partial charge in [-0.15, -0.1) is 9.24 Å². The first kappa shape index (κ1) is 45.5. The molecule has 0 spiro atoms. The lowest BCUT2D eigenvalue weighted by Gasteiger charge is -2.44. The van der Waals surface area contributed by atoms with Gasteiger partial charge in [0.2, 0.25) is 0 Å². The van der Waals surface area contributed by atoms with Crippen LogP contribution in [0.4, 0.5) is 0 Å². The molecular formula is C47H79O3P. The van der Waals surface area contributed by atoms with Crippen molar-refractivity contribution in [3.63, 3.8) is 0 Å². The number of aryl methyl sites for hydroxylation is 4. The minimum atomic E-state index is -0.241. The van der Waals surface area contributed by atoms with Crippen LogP contribution in [0.15, 0.2) is 36.6 Å². The van der Waals surface area contributed by atoms with E-state index in [4.69, 9.17) is 9.47 Å². The number of benzene rings is 2. The first-order valence-electron chi connectivity index (χ1n) is 19.9. The van der Waals surface area contributed by atoms with Crippen LogP contribution in [0.3, 0.4) is 0 Å². The summed E-state index contributed by atoms with van der Waals surface area (Å²) in [4.78, 5) is 0. The van der Waals surface area contributed by atoms with Gasteiger partial charge in [0, 0.05) is 6.42 Å². The monoisotopic (exact) mass is 723 g/mol. The predicted molar refractivity (Wildman–Crippen MR) is 226 cm³/mol. The lowest BCUT2D eigenvalue weighted by atomic mass is 9.63. The van der Waals surface area contributed by atoms with E-state index in [2.05, 4.69) is 137 Å². The fourth-order valence-corrected chi connectivity index (χ4v) is 8.98. The highest BCUT2D eigenvalue weighted by Crippen LogP contribution is 2.48. The molecule has 0 aliphatic heterocycles. The first-order valence-corrected chi connectivity index (χ1v) is 20.7. The van der Waals surface area contributed by atoms with Crippen molar-refractivity contribution >= 4 is 9.24 Å². The summed E-state index contributed by atoms with van der Waals surface area (Å²) in [6, 6.07) is 9.63. The molecular weight excluding hydrogens is 643 g/mol. The van der Waals surface area contributed by atoms with Crippen molar-refractivity contribution in [2.75, 3.05) is 26.2 Å². The second-order valence-electron chi connectivity index (χ2n) is 19.6. The highest BCUT2D eigenvalue weighted by atomic mass is 31.0. The zero-order valence-corrected chi connectivity index (χ0v) is 36.9. The van der Waals surface area contributed by atoms with Gasteiger partial charge in [0.25, 0.3) is 0 Å². The summed E-state index contributed by atoms with van der Waals surface area (Å²) >= 11 is 0. The third-order valence-electron chi connectivity index (χ3n) is 11.0. The van der Waals surface area contributed by atoms with Crippen LogP contribution in [0.25, 0.3) is 0 Å². The zero-order valence-electron chi connectivity index (χ0n) is 35.8. The van der Waals surface area contributed by atoms with Crippen molar-refractivity contribution < 1.29 is 14.6 Å². The van der Waals surface area contributed by atoms with Gasteiger partial charge in [-0.25, -0.2) is 0 Å². The Bertz CT molecular complexity index is 1390. The molecule has 4 heteroatoms. The minimum Gasteiger partial charge on any atom is -0.498 e. The zero-order chi connectivity index (χ0) is 38.8. The summed E-state index contributed by atoms with van der Waals surface area (Å²) < 4.78 is 12.3. The van der Waals surface area contributed by atoms with E-state index in [0.717, 1.165) is 76.1 Å². The molecule has 0 aliphatic rings. The van der Waals surface area contributed by atoms with E-state index in [1.807, 2.05) is 0 Å². The lowest BCUT2D eigenvalue weighted by molar-refractivity contribution is -0.0781. The highest BCUT2D eigenvalue weighted by molar-refractivity contribution is 7.16. The Morgan fingerprint density at radius 3 is 1.86 bits per heavy atom. The molecule has 0 aliphatic carbocycles. The van der Waals surface area contributed by atoms with Crippen LogP contribution < -0.4 is 0 Å². The van der Waals surface area contributed by atoms with Crippen LogP contribution in [-0.2, 0) is 39.6 Å². The maximum atomic E-state index is 9.82. The summed E-state index contributed by atoms with van der Waals surface area (Å²) in [6.07, 6.45) is 11.5. The molecule has 2 atom stereocenters. The molecule has 2 aromatic carbocycles. The van der Waals surface area contributed by atoms with Crippen molar-refractivity contribution in [3.8, 4) is 0 Å². The number of aliphatic hydroxyl groups excluding tert-OH is 1. The molecule has 290 valence electrons. The van der Waals surface area contributed by atoms with Gasteiger partial charge in [0.05, 0.1) is 19.0 Å². The highest BCUT2D eigenvalue weighted by Gasteiger charge is 2.41. The van der Waals surface area contributed by atoms with Crippen molar-refractivity contribution in [3.05, 3.63) is 81.1 Å². The number of allylic oxidation sites excluding steroid dienone is 1. The Kier molecular flexibility index (Phi) is 17.0. The van der Waals surface area contributed by atoms with Crippen molar-refractivity contribution in [1.29, 1.82) is 0 Å². The van der Waals surface area contributed by atoms with Gasteiger partial charge in [0.1, 0.15) is 6.79 Å². The summed E-state index contributed by atoms with van der Waals surface area (Å²) in [7, 11) is 2.92. The third-order valence-corrected chi connectivity index (χ3v) is 11.4. The summed E-state index contributed by atoms with van der Waals surface area (Å²) in [6.45, 7) is 37.8. The van der Waals surface area contributed by atoms with Crippen LogP contribution in [0.1, 0.15) is 166 Å². The average Bonchev–Trinajstić information content (AvgIpc) is 3.00. The first-order chi connectivity index (χ1) is 23.5. The number of ether oxygens (including phenoxy) is 2. The summed E-state index contributed by atoms with van der Waals surface area (Å²) in [5.41, 5.74) is 11.7. The van der Waals surface area contributed by atoms with Crippen LogP contribution in [0.2, 0.25) is 0 Å². The van der Waals surface area contributed by atoms with E-state index in [1.165, 1.54) is 44.5 Å². The Morgan fingerprint density at radius 2 is 1.29 bits per heavy atom. The van der Waals surface area contributed by atoms with Gasteiger partial charge in [-0.2, -0.15) is 0 Å². The molecule has 1 N–H and O–H groups in total. The second-order valence-corrected chi connectivity index (χ2v) is 20.2. The number of hydrogen-bond acceptors (Lipinski definition) is 3. The number of rotatable bonds is 21. The van der Waals surface area contributed by atoms with Crippen LogP contribution >= 0.6 is 9.24 Å². The van der Waals surface area contributed by atoms with Gasteiger partial charge < -0.3 is 14.6 Å². The minimum absolute atomic E-state index is 0.0570. The van der Waals surface area contributed by atoms with Crippen LogP contribution in [0, 0.1) is 37.0 Å². The normalized spacial score (nSPS) is 14.1. The average molecular weight is 723 g/mol. The van der Waals surface area contributed by atoms with E-state index < -0.39 is 0 Å². The quantitative estimate of drug-likeness (QED) is 0.0792. The molecule has 0 bridgehead atoms. The molecule has 2 aromatic rings. The van der Waals surface area contributed by atoms with Gasteiger partial charge in [-0.3, -0.25) is 0 Å². The summed E-state index contributed by atoms with van der Waals surface area (Å²) in [5.74, 6) is 0.859. The van der Waals surface area contributed by atoms with Gasteiger partial charge >= 0.3 is 0 Å². The predicted octanol–water partition coefficient (Wildman–Crippen LogP) is 12.7. The molecule has 0 heterocycles. The molecule has 0 fully saturated rings. The smallest absolute Gasteiger partial charge is 0.143 e. The van der Waals surface area contributed by atoms with Crippen LogP contribution in [0.5, 0.6) is 0 Å². The molecule has 0 amide bonds. The van der Waals surface area contributed by atoms with Crippen molar-refractivity contribution in [1.82, 2.24) is 0 Å². The molecule has 2 rings (SSSR count). The maximum Gasteiger partial charge on any atom is 0.143 e.